The van der Waals surface area contributed by atoms with E-state index in [-0.39, 0.29) is 11.6 Å². The summed E-state index contributed by atoms with van der Waals surface area (Å²) in [5.41, 5.74) is 2.17. The molecular weight excluding hydrogens is 260 g/mol. The van der Waals surface area contributed by atoms with E-state index in [1.165, 1.54) is 30.2 Å². The first-order valence-electron chi connectivity index (χ1n) is 7.86. The molecule has 1 unspecified atom stereocenters. The van der Waals surface area contributed by atoms with Crippen LogP contribution in [0.3, 0.4) is 0 Å². The number of rotatable bonds is 4. The third-order valence-electron chi connectivity index (χ3n) is 4.87. The number of hydrogen-bond acceptors (Lipinski definition) is 3. The molecule has 1 aliphatic carbocycles. The zero-order valence-electron chi connectivity index (χ0n) is 12.9. The Morgan fingerprint density at radius 2 is 1.95 bits per heavy atom. The summed E-state index contributed by atoms with van der Waals surface area (Å²) < 4.78 is 6.01. The summed E-state index contributed by atoms with van der Waals surface area (Å²) in [6.07, 6.45) is 8.03. The van der Waals surface area contributed by atoms with E-state index >= 15 is 0 Å². The molecule has 112 valence electrons. The van der Waals surface area contributed by atoms with Gasteiger partial charge < -0.3 is 10.1 Å². The maximum atomic E-state index is 6.01. The summed E-state index contributed by atoms with van der Waals surface area (Å²) in [4.78, 5) is 4.61. The van der Waals surface area contributed by atoms with Crippen LogP contribution in [0.1, 0.15) is 43.7 Å². The summed E-state index contributed by atoms with van der Waals surface area (Å²) in [6.45, 7) is 0. The second-order valence-electron chi connectivity index (χ2n) is 6.01. The van der Waals surface area contributed by atoms with Crippen molar-refractivity contribution in [1.29, 1.82) is 0 Å². The van der Waals surface area contributed by atoms with Crippen molar-refractivity contribution in [2.75, 3.05) is 14.2 Å². The second kappa shape index (κ2) is 6.12. The lowest BCUT2D eigenvalue weighted by Gasteiger charge is -2.42. The third-order valence-corrected chi connectivity index (χ3v) is 4.87. The van der Waals surface area contributed by atoms with Crippen LogP contribution < -0.4 is 5.32 Å². The van der Waals surface area contributed by atoms with Gasteiger partial charge in [0.15, 0.2) is 0 Å². The van der Waals surface area contributed by atoms with Gasteiger partial charge in [-0.3, -0.25) is 4.98 Å². The van der Waals surface area contributed by atoms with Crippen LogP contribution in [0.2, 0.25) is 0 Å². The van der Waals surface area contributed by atoms with Crippen LogP contribution in [-0.4, -0.2) is 24.7 Å². The van der Waals surface area contributed by atoms with E-state index in [2.05, 4.69) is 34.6 Å². The number of nitrogens with one attached hydrogen (secondary N) is 1. The molecule has 3 rings (SSSR count). The molecule has 1 N–H and O–H groups in total. The predicted molar refractivity (Wildman–Crippen MR) is 86.4 cm³/mol. The van der Waals surface area contributed by atoms with E-state index in [4.69, 9.17) is 4.74 Å². The van der Waals surface area contributed by atoms with Crippen molar-refractivity contribution in [2.24, 2.45) is 0 Å². The first-order valence-corrected chi connectivity index (χ1v) is 7.86. The SMILES string of the molecule is CNC(c1cnc2ccccc2c1)C1(OC)CCCCC1. The minimum Gasteiger partial charge on any atom is -0.376 e. The quantitative estimate of drug-likeness (QED) is 0.926. The molecule has 3 nitrogen and oxygen atoms in total. The summed E-state index contributed by atoms with van der Waals surface area (Å²) in [5, 5.41) is 4.67. The van der Waals surface area contributed by atoms with Gasteiger partial charge >= 0.3 is 0 Å². The lowest BCUT2D eigenvalue weighted by molar-refractivity contribution is -0.0671. The molecule has 1 saturated carbocycles. The van der Waals surface area contributed by atoms with Crippen molar-refractivity contribution in [3.8, 4) is 0 Å². The minimum absolute atomic E-state index is 0.100. The van der Waals surface area contributed by atoms with Crippen molar-refractivity contribution in [1.82, 2.24) is 10.3 Å². The van der Waals surface area contributed by atoms with E-state index in [9.17, 15) is 0 Å². The third kappa shape index (κ3) is 2.68. The Labute approximate surface area is 126 Å². The molecule has 0 amide bonds. The molecule has 2 aromatic rings. The number of fused-ring (bicyclic) bond motifs is 1. The van der Waals surface area contributed by atoms with Crippen molar-refractivity contribution >= 4 is 10.9 Å². The number of aromatic nitrogens is 1. The zero-order chi connectivity index (χ0) is 14.7. The van der Waals surface area contributed by atoms with E-state index < -0.39 is 0 Å². The Balaban J connectivity index is 2.00. The van der Waals surface area contributed by atoms with Crippen LogP contribution in [0.5, 0.6) is 0 Å². The van der Waals surface area contributed by atoms with Crippen molar-refractivity contribution in [3.05, 3.63) is 42.1 Å². The average Bonchev–Trinajstić information content (AvgIpc) is 2.56. The lowest BCUT2D eigenvalue weighted by Crippen LogP contribution is -2.46. The minimum atomic E-state index is -0.100. The van der Waals surface area contributed by atoms with Crippen LogP contribution in [-0.2, 0) is 4.74 Å². The first-order chi connectivity index (χ1) is 10.3. The van der Waals surface area contributed by atoms with Gasteiger partial charge in [0.1, 0.15) is 0 Å². The van der Waals surface area contributed by atoms with E-state index in [1.807, 2.05) is 26.4 Å². The molecule has 1 atom stereocenters. The predicted octanol–water partition coefficient (Wildman–Crippen LogP) is 3.84. The Morgan fingerprint density at radius 1 is 1.19 bits per heavy atom. The number of hydrogen-bond donors (Lipinski definition) is 1. The highest BCUT2D eigenvalue weighted by molar-refractivity contribution is 5.78. The normalized spacial score (nSPS) is 19.5. The second-order valence-corrected chi connectivity index (χ2v) is 6.01. The largest absolute Gasteiger partial charge is 0.376 e. The molecule has 1 heterocycles. The van der Waals surface area contributed by atoms with E-state index in [0.29, 0.717) is 0 Å². The fraction of sp³-hybridized carbons (Fsp3) is 0.500. The molecule has 0 radical (unpaired) electrons. The molecule has 3 heteroatoms. The highest BCUT2D eigenvalue weighted by Crippen LogP contribution is 2.41. The smallest absolute Gasteiger partial charge is 0.0873 e. The molecule has 0 spiro atoms. The number of benzene rings is 1. The van der Waals surface area contributed by atoms with Crippen LogP contribution in [0, 0.1) is 0 Å². The van der Waals surface area contributed by atoms with Gasteiger partial charge in [0, 0.05) is 18.7 Å². The van der Waals surface area contributed by atoms with Gasteiger partial charge in [-0.1, -0.05) is 37.5 Å². The Morgan fingerprint density at radius 3 is 2.67 bits per heavy atom. The topological polar surface area (TPSA) is 34.2 Å². The fourth-order valence-corrected chi connectivity index (χ4v) is 3.74. The molecule has 1 aromatic heterocycles. The molecule has 21 heavy (non-hydrogen) atoms. The number of methoxy groups -OCH3 is 1. The summed E-state index contributed by atoms with van der Waals surface area (Å²) >= 11 is 0. The summed E-state index contributed by atoms with van der Waals surface area (Å²) in [5.74, 6) is 0. The number of nitrogens with zero attached hydrogens (tertiary/aromatic N) is 1. The van der Waals surface area contributed by atoms with E-state index in [0.717, 1.165) is 18.4 Å². The molecule has 0 saturated heterocycles. The summed E-state index contributed by atoms with van der Waals surface area (Å²) in [7, 11) is 3.87. The fourth-order valence-electron chi connectivity index (χ4n) is 3.74. The van der Waals surface area contributed by atoms with Crippen LogP contribution in [0.25, 0.3) is 10.9 Å². The average molecular weight is 284 g/mol. The Hall–Kier alpha value is -1.45. The zero-order valence-corrected chi connectivity index (χ0v) is 12.9. The number of pyridine rings is 1. The van der Waals surface area contributed by atoms with Crippen molar-refractivity contribution in [2.45, 2.75) is 43.7 Å². The van der Waals surface area contributed by atoms with Gasteiger partial charge in [0.2, 0.25) is 0 Å². The van der Waals surface area contributed by atoms with Gasteiger partial charge in [0.05, 0.1) is 17.2 Å². The van der Waals surface area contributed by atoms with Gasteiger partial charge in [-0.15, -0.1) is 0 Å². The highest BCUT2D eigenvalue weighted by atomic mass is 16.5. The maximum absolute atomic E-state index is 6.01. The van der Waals surface area contributed by atoms with Gasteiger partial charge in [-0.2, -0.15) is 0 Å². The van der Waals surface area contributed by atoms with Crippen LogP contribution >= 0.6 is 0 Å². The van der Waals surface area contributed by atoms with Crippen molar-refractivity contribution < 1.29 is 4.74 Å². The molecule has 0 bridgehead atoms. The molecule has 1 fully saturated rings. The van der Waals surface area contributed by atoms with Crippen LogP contribution in [0.15, 0.2) is 36.5 Å². The molecule has 1 aromatic carbocycles. The lowest BCUT2D eigenvalue weighted by atomic mass is 9.77. The van der Waals surface area contributed by atoms with Gasteiger partial charge in [-0.05, 0) is 37.6 Å². The molecule has 0 aliphatic heterocycles. The first kappa shape index (κ1) is 14.5. The standard InChI is InChI=1S/C18H24N2O/c1-19-17(18(21-2)10-6-3-7-11-18)15-12-14-8-4-5-9-16(14)20-13-15/h4-5,8-9,12-13,17,19H,3,6-7,10-11H2,1-2H3. The Kier molecular flexibility index (Phi) is 4.22. The Bertz CT molecular complexity index is 605. The van der Waals surface area contributed by atoms with Gasteiger partial charge in [0.25, 0.3) is 0 Å². The maximum Gasteiger partial charge on any atom is 0.0873 e. The highest BCUT2D eigenvalue weighted by Gasteiger charge is 2.40. The monoisotopic (exact) mass is 284 g/mol. The number of ether oxygens (including phenoxy) is 1. The molecular formula is C18H24N2O. The van der Waals surface area contributed by atoms with Crippen LogP contribution in [0.4, 0.5) is 0 Å². The van der Waals surface area contributed by atoms with Crippen molar-refractivity contribution in [3.63, 3.8) is 0 Å². The summed E-state index contributed by atoms with van der Waals surface area (Å²) in [6, 6.07) is 10.7. The number of likely N-dealkylation sites (N-methyl/N-ethyl adjacent to an activating group) is 1. The van der Waals surface area contributed by atoms with E-state index in [1.54, 1.807) is 0 Å². The molecule has 1 aliphatic rings. The van der Waals surface area contributed by atoms with Gasteiger partial charge in [-0.25, -0.2) is 0 Å². The number of para-hydroxylation sites is 1.